The van der Waals surface area contributed by atoms with E-state index in [1.165, 1.54) is 0 Å². The van der Waals surface area contributed by atoms with Crippen molar-refractivity contribution in [2.75, 3.05) is 19.7 Å². The summed E-state index contributed by atoms with van der Waals surface area (Å²) in [6.45, 7) is 12.1. The van der Waals surface area contributed by atoms with Crippen LogP contribution in [0.1, 0.15) is 48.5 Å². The van der Waals surface area contributed by atoms with E-state index in [-0.39, 0.29) is 13.1 Å². The Bertz CT molecular complexity index is 496. The number of ether oxygens (including phenoxy) is 3. The fourth-order valence-corrected chi connectivity index (χ4v) is 1.19. The van der Waals surface area contributed by atoms with E-state index >= 15 is 0 Å². The summed E-state index contributed by atoms with van der Waals surface area (Å²) in [6.07, 6.45) is -1.26. The number of amides is 3. The number of rotatable bonds is 5. The molecule has 0 aliphatic rings. The van der Waals surface area contributed by atoms with Crippen LogP contribution < -0.4 is 21.9 Å². The Morgan fingerprint density at radius 2 is 1.22 bits per heavy atom. The first-order valence-corrected chi connectivity index (χ1v) is 8.29. The second kappa shape index (κ2) is 12.7. The largest absolute Gasteiger partial charge is 0.465 e. The van der Waals surface area contributed by atoms with Gasteiger partial charge in [-0.05, 0) is 48.5 Å². The highest BCUT2D eigenvalue weighted by molar-refractivity contribution is 5.81. The predicted octanol–water partition coefficient (Wildman–Crippen LogP) is 0.575. The molecule has 0 aliphatic carbocycles. The van der Waals surface area contributed by atoms with Crippen molar-refractivity contribution in [1.82, 2.24) is 16.1 Å². The van der Waals surface area contributed by atoms with Crippen LogP contribution in [0.4, 0.5) is 9.59 Å². The maximum Gasteiger partial charge on any atom is 0.408 e. The van der Waals surface area contributed by atoms with Gasteiger partial charge in [0.05, 0.1) is 6.61 Å². The number of esters is 1. The second-order valence-corrected chi connectivity index (χ2v) is 7.08. The number of hydrazine groups is 1. The van der Waals surface area contributed by atoms with Crippen molar-refractivity contribution in [3.8, 4) is 0 Å². The molecule has 3 amide bonds. The summed E-state index contributed by atoms with van der Waals surface area (Å²) in [5.41, 5.74) is 0.751. The lowest BCUT2D eigenvalue weighted by Crippen LogP contribution is -2.41. The number of carbonyl (C=O) groups excluding carboxylic acids is 4. The molecule has 27 heavy (non-hydrogen) atoms. The third kappa shape index (κ3) is 21.4. The Balaban J connectivity index is 0. The van der Waals surface area contributed by atoms with Gasteiger partial charge < -0.3 is 24.8 Å². The summed E-state index contributed by atoms with van der Waals surface area (Å²) in [5.74, 6) is 3.84. The van der Waals surface area contributed by atoms with Gasteiger partial charge in [0.1, 0.15) is 24.3 Å². The first-order valence-electron chi connectivity index (χ1n) is 8.29. The first-order chi connectivity index (χ1) is 12.2. The highest BCUT2D eigenvalue weighted by Crippen LogP contribution is 2.06. The second-order valence-electron chi connectivity index (χ2n) is 7.08. The molecule has 0 aliphatic heterocycles. The van der Waals surface area contributed by atoms with Crippen LogP contribution in [0, 0.1) is 0 Å². The Labute approximate surface area is 159 Å². The van der Waals surface area contributed by atoms with Crippen LogP contribution in [0.3, 0.4) is 0 Å². The lowest BCUT2D eigenvalue weighted by atomic mass is 10.2. The van der Waals surface area contributed by atoms with E-state index in [2.05, 4.69) is 15.4 Å². The van der Waals surface area contributed by atoms with Crippen LogP contribution in [0.25, 0.3) is 0 Å². The lowest BCUT2D eigenvalue weighted by Gasteiger charge is -2.19. The van der Waals surface area contributed by atoms with Gasteiger partial charge in [-0.1, -0.05) is 0 Å². The quantitative estimate of drug-likeness (QED) is 0.174. The molecule has 0 aromatic heterocycles. The number of carbonyl (C=O) groups is 4. The van der Waals surface area contributed by atoms with Crippen LogP contribution >= 0.6 is 0 Å². The molecule has 11 heteroatoms. The summed E-state index contributed by atoms with van der Waals surface area (Å²) >= 11 is 0. The maximum atomic E-state index is 11.0. The van der Waals surface area contributed by atoms with E-state index in [0.29, 0.717) is 6.61 Å². The molecule has 0 aromatic carbocycles. The molecule has 0 aromatic rings. The minimum Gasteiger partial charge on any atom is -0.465 e. The average Bonchev–Trinajstić information content (AvgIpc) is 2.48. The lowest BCUT2D eigenvalue weighted by molar-refractivity contribution is -0.142. The van der Waals surface area contributed by atoms with E-state index in [9.17, 15) is 19.2 Å². The number of hydrogen-bond acceptors (Lipinski definition) is 8. The van der Waals surface area contributed by atoms with Gasteiger partial charge in [-0.25, -0.2) is 15.4 Å². The molecule has 158 valence electrons. The average molecular weight is 392 g/mol. The van der Waals surface area contributed by atoms with Crippen molar-refractivity contribution in [3.63, 3.8) is 0 Å². The zero-order valence-corrected chi connectivity index (χ0v) is 17.1. The van der Waals surface area contributed by atoms with Gasteiger partial charge in [-0.3, -0.25) is 15.0 Å². The van der Waals surface area contributed by atoms with Gasteiger partial charge >= 0.3 is 18.2 Å². The predicted molar refractivity (Wildman–Crippen MR) is 97.4 cm³/mol. The molecule has 0 radical (unpaired) electrons. The maximum absolute atomic E-state index is 11.0. The monoisotopic (exact) mass is 392 g/mol. The van der Waals surface area contributed by atoms with Crippen molar-refractivity contribution in [2.45, 2.75) is 59.7 Å². The molecule has 0 saturated carbocycles. The molecule has 5 N–H and O–H groups in total. The fourth-order valence-electron chi connectivity index (χ4n) is 1.19. The van der Waals surface area contributed by atoms with E-state index < -0.39 is 35.3 Å². The Morgan fingerprint density at radius 3 is 1.56 bits per heavy atom. The van der Waals surface area contributed by atoms with Crippen LogP contribution in [0.15, 0.2) is 0 Å². The third-order valence-electron chi connectivity index (χ3n) is 2.03. The fraction of sp³-hybridized carbons (Fsp3) is 0.750. The molecular weight excluding hydrogens is 360 g/mol. The summed E-state index contributed by atoms with van der Waals surface area (Å²) in [6, 6.07) is 0. The van der Waals surface area contributed by atoms with Gasteiger partial charge in [-0.15, -0.1) is 0 Å². The third-order valence-corrected chi connectivity index (χ3v) is 2.03. The molecule has 0 saturated heterocycles. The van der Waals surface area contributed by atoms with E-state index in [1.807, 2.05) is 5.43 Å². The zero-order valence-electron chi connectivity index (χ0n) is 17.1. The van der Waals surface area contributed by atoms with Crippen LogP contribution in [0.2, 0.25) is 0 Å². The van der Waals surface area contributed by atoms with Crippen molar-refractivity contribution in [2.24, 2.45) is 5.84 Å². The summed E-state index contributed by atoms with van der Waals surface area (Å²) < 4.78 is 14.4. The topological polar surface area (TPSA) is 158 Å². The van der Waals surface area contributed by atoms with E-state index in [4.69, 9.17) is 15.3 Å². The summed E-state index contributed by atoms with van der Waals surface area (Å²) in [7, 11) is 0. The highest BCUT2D eigenvalue weighted by atomic mass is 16.6. The van der Waals surface area contributed by atoms with Gasteiger partial charge in [0.2, 0.25) is 0 Å². The Morgan fingerprint density at radius 1 is 0.815 bits per heavy atom. The van der Waals surface area contributed by atoms with Crippen molar-refractivity contribution in [1.29, 1.82) is 0 Å². The molecule has 0 unspecified atom stereocenters. The Hall–Kier alpha value is -2.56. The number of nitrogens with one attached hydrogen (secondary N) is 3. The SMILES string of the molecule is CC(C)(C)OC(=O)NCC(=O)NN.CCOC(=O)CNC(=O)OC(C)(C)C. The van der Waals surface area contributed by atoms with Crippen molar-refractivity contribution >= 4 is 24.1 Å². The number of hydrogen-bond donors (Lipinski definition) is 4. The normalized spacial score (nSPS) is 10.5. The van der Waals surface area contributed by atoms with Gasteiger partial charge in [0.25, 0.3) is 5.91 Å². The van der Waals surface area contributed by atoms with Crippen LogP contribution in [-0.2, 0) is 23.8 Å². The van der Waals surface area contributed by atoms with Crippen molar-refractivity contribution in [3.05, 3.63) is 0 Å². The van der Waals surface area contributed by atoms with Crippen LogP contribution in [-0.4, -0.2) is 55.0 Å². The number of alkyl carbamates (subject to hydrolysis) is 2. The molecule has 0 bridgehead atoms. The summed E-state index contributed by atoms with van der Waals surface area (Å²) in [4.78, 5) is 43.3. The van der Waals surface area contributed by atoms with Crippen molar-refractivity contribution < 1.29 is 33.4 Å². The number of nitrogens with two attached hydrogens (primary N) is 1. The van der Waals surface area contributed by atoms with Gasteiger partial charge in [0, 0.05) is 0 Å². The minimum atomic E-state index is -0.642. The molecule has 0 heterocycles. The molecule has 0 rings (SSSR count). The molecule has 0 fully saturated rings. The first kappa shape index (κ1) is 26.7. The van der Waals surface area contributed by atoms with Gasteiger partial charge in [0.15, 0.2) is 0 Å². The molecule has 0 atom stereocenters. The molecule has 11 nitrogen and oxygen atoms in total. The Kier molecular flexibility index (Phi) is 12.6. The zero-order chi connectivity index (χ0) is 21.7. The molecular formula is C16H32N4O7. The van der Waals surface area contributed by atoms with E-state index in [1.54, 1.807) is 48.5 Å². The van der Waals surface area contributed by atoms with E-state index in [0.717, 1.165) is 0 Å². The molecule has 0 spiro atoms. The minimum absolute atomic E-state index is 0.164. The standard InChI is InChI=1S/C9H17NO4.C7H15N3O3/c1-5-13-7(11)6-10-8(12)14-9(2,3)4;1-7(2,3)13-6(12)9-4-5(11)10-8/h5-6H2,1-4H3,(H,10,12);4,8H2,1-3H3,(H,9,12)(H,10,11). The summed E-state index contributed by atoms with van der Waals surface area (Å²) in [5, 5.41) is 4.52. The smallest absolute Gasteiger partial charge is 0.408 e. The highest BCUT2D eigenvalue weighted by Gasteiger charge is 2.17. The van der Waals surface area contributed by atoms with Gasteiger partial charge in [-0.2, -0.15) is 0 Å². The van der Waals surface area contributed by atoms with Crippen LogP contribution in [0.5, 0.6) is 0 Å².